The number of halogens is 2. The maximum absolute atomic E-state index is 14.0. The Labute approximate surface area is 301 Å². The van der Waals surface area contributed by atoms with Crippen LogP contribution in [0.4, 0.5) is 39.2 Å². The van der Waals surface area contributed by atoms with Crippen molar-refractivity contribution >= 4 is 82.2 Å². The minimum atomic E-state index is -0.577. The lowest BCUT2D eigenvalue weighted by Gasteiger charge is -2.34. The van der Waals surface area contributed by atoms with Crippen molar-refractivity contribution in [1.29, 1.82) is 0 Å². The van der Waals surface area contributed by atoms with Crippen LogP contribution in [0.2, 0.25) is 10.0 Å². The first-order valence-electron chi connectivity index (χ1n) is 15.5. The highest BCUT2D eigenvalue weighted by molar-refractivity contribution is 7.80. The number of methoxy groups -OCH3 is 2. The predicted molar refractivity (Wildman–Crippen MR) is 200 cm³/mol. The van der Waals surface area contributed by atoms with Crippen LogP contribution in [-0.2, 0) is 11.3 Å². The lowest BCUT2D eigenvalue weighted by Crippen LogP contribution is -2.44. The summed E-state index contributed by atoms with van der Waals surface area (Å²) < 4.78 is 10.7. The SMILES string of the molecule is COc1cc(OC)c(Cl)c(NC(=O)N(Cc2ccc(NC(=O)CCS)cc2)c2cc(Nc3ccc(N4CCN(C)CC4)cc3)ncn2)c1Cl. The largest absolute Gasteiger partial charge is 0.495 e. The van der Waals surface area contributed by atoms with Crippen molar-refractivity contribution in [3.63, 3.8) is 0 Å². The molecule has 2 heterocycles. The standard InChI is InChI=1S/C34H38Cl2N8O4S/c1-42-13-15-43(16-14-42)25-10-8-23(9-11-25)39-28-19-29(38-21-37-28)44(20-22-4-6-24(7-5-22)40-30(45)12-17-49)34(46)41-33-31(35)26(47-2)18-27(48-3)32(33)36/h4-11,18-19,21,49H,12-17,20H2,1-3H3,(H,40,45)(H,41,46)(H,37,38,39). The highest BCUT2D eigenvalue weighted by atomic mass is 35.5. The third-order valence-electron chi connectivity index (χ3n) is 7.91. The molecule has 0 aliphatic carbocycles. The van der Waals surface area contributed by atoms with E-state index in [9.17, 15) is 9.59 Å². The maximum Gasteiger partial charge on any atom is 0.327 e. The van der Waals surface area contributed by atoms with E-state index in [-0.39, 0.29) is 39.7 Å². The van der Waals surface area contributed by atoms with Crippen molar-refractivity contribution in [2.45, 2.75) is 13.0 Å². The van der Waals surface area contributed by atoms with Gasteiger partial charge < -0.3 is 35.2 Å². The Morgan fingerprint density at radius 1 is 0.878 bits per heavy atom. The van der Waals surface area contributed by atoms with Crippen LogP contribution < -0.4 is 35.2 Å². The quantitative estimate of drug-likeness (QED) is 0.117. The molecule has 0 unspecified atom stereocenters. The Kier molecular flexibility index (Phi) is 12.3. The van der Waals surface area contributed by atoms with Crippen molar-refractivity contribution < 1.29 is 19.1 Å². The molecule has 0 atom stereocenters. The lowest BCUT2D eigenvalue weighted by atomic mass is 10.2. The third-order valence-corrected chi connectivity index (χ3v) is 8.88. The Morgan fingerprint density at radius 2 is 1.51 bits per heavy atom. The average molecular weight is 726 g/mol. The zero-order valence-electron chi connectivity index (χ0n) is 27.4. The van der Waals surface area contributed by atoms with Gasteiger partial charge in [0.25, 0.3) is 0 Å². The highest BCUT2D eigenvalue weighted by Gasteiger charge is 2.24. The zero-order valence-corrected chi connectivity index (χ0v) is 29.8. The van der Waals surface area contributed by atoms with Gasteiger partial charge in [-0.25, -0.2) is 14.8 Å². The third kappa shape index (κ3) is 9.18. The van der Waals surface area contributed by atoms with Gasteiger partial charge in [0.15, 0.2) is 0 Å². The van der Waals surface area contributed by atoms with Crippen LogP contribution in [0.25, 0.3) is 0 Å². The van der Waals surface area contributed by atoms with Crippen LogP contribution >= 0.6 is 35.8 Å². The molecular formula is C34H38Cl2N8O4S. The van der Waals surface area contributed by atoms with E-state index in [1.54, 1.807) is 18.2 Å². The maximum atomic E-state index is 14.0. The number of hydrogen-bond donors (Lipinski definition) is 4. The lowest BCUT2D eigenvalue weighted by molar-refractivity contribution is -0.115. The Morgan fingerprint density at radius 3 is 2.12 bits per heavy atom. The van der Waals surface area contributed by atoms with Crippen molar-refractivity contribution in [2.75, 3.05) is 78.9 Å². The number of piperazine rings is 1. The first-order valence-corrected chi connectivity index (χ1v) is 16.9. The number of urea groups is 1. The summed E-state index contributed by atoms with van der Waals surface area (Å²) in [4.78, 5) is 41.0. The number of anilines is 6. The summed E-state index contributed by atoms with van der Waals surface area (Å²) >= 11 is 17.3. The van der Waals surface area contributed by atoms with E-state index in [0.717, 1.165) is 43.1 Å². The molecule has 3 N–H and O–H groups in total. The van der Waals surface area contributed by atoms with E-state index < -0.39 is 6.03 Å². The van der Waals surface area contributed by atoms with Crippen LogP contribution in [0.15, 0.2) is 67.0 Å². The van der Waals surface area contributed by atoms with Crippen LogP contribution in [0.1, 0.15) is 12.0 Å². The molecule has 0 radical (unpaired) electrons. The first-order chi connectivity index (χ1) is 23.7. The Balaban J connectivity index is 1.41. The van der Waals surface area contributed by atoms with E-state index in [0.29, 0.717) is 29.5 Å². The van der Waals surface area contributed by atoms with Gasteiger partial charge in [-0.1, -0.05) is 35.3 Å². The van der Waals surface area contributed by atoms with Gasteiger partial charge in [0.1, 0.15) is 39.5 Å². The number of hydrogen-bond acceptors (Lipinski definition) is 10. The number of rotatable bonds is 12. The number of nitrogens with zero attached hydrogens (tertiary/aromatic N) is 5. The van der Waals surface area contributed by atoms with E-state index in [4.69, 9.17) is 32.7 Å². The number of thiol groups is 1. The van der Waals surface area contributed by atoms with Crippen LogP contribution in [-0.4, -0.2) is 80.0 Å². The van der Waals surface area contributed by atoms with Gasteiger partial charge >= 0.3 is 6.03 Å². The number of nitrogens with one attached hydrogen (secondary N) is 3. The van der Waals surface area contributed by atoms with E-state index in [1.807, 2.05) is 24.3 Å². The average Bonchev–Trinajstić information content (AvgIpc) is 3.11. The first kappa shape index (κ1) is 35.9. The number of amides is 3. The van der Waals surface area contributed by atoms with Gasteiger partial charge in [-0.05, 0) is 54.8 Å². The van der Waals surface area contributed by atoms with Crippen molar-refractivity contribution in [3.05, 3.63) is 82.6 Å². The number of likely N-dealkylation sites (N-methyl/N-ethyl adjacent to an activating group) is 1. The summed E-state index contributed by atoms with van der Waals surface area (Å²) in [6.07, 6.45) is 1.68. The number of benzene rings is 3. The fraction of sp³-hybridized carbons (Fsp3) is 0.294. The molecule has 3 amide bonds. The van der Waals surface area contributed by atoms with Gasteiger partial charge in [0, 0.05) is 61.8 Å². The second-order valence-corrected chi connectivity index (χ2v) is 12.4. The molecule has 0 bridgehead atoms. The molecule has 258 valence electrons. The monoisotopic (exact) mass is 724 g/mol. The van der Waals surface area contributed by atoms with E-state index in [1.165, 1.54) is 31.5 Å². The van der Waals surface area contributed by atoms with E-state index >= 15 is 0 Å². The highest BCUT2D eigenvalue weighted by Crippen LogP contribution is 2.44. The van der Waals surface area contributed by atoms with Crippen LogP contribution in [0, 0.1) is 0 Å². The summed E-state index contributed by atoms with van der Waals surface area (Å²) in [6.45, 7) is 4.10. The van der Waals surface area contributed by atoms with Gasteiger partial charge in [0.05, 0.1) is 26.5 Å². The number of carbonyl (C=O) groups excluding carboxylic acids is 2. The van der Waals surface area contributed by atoms with Crippen LogP contribution in [0.3, 0.4) is 0 Å². The molecule has 1 aromatic heterocycles. The second kappa shape index (κ2) is 16.8. The normalized spacial score (nSPS) is 13.1. The molecule has 1 fully saturated rings. The van der Waals surface area contributed by atoms with Gasteiger partial charge in [-0.15, -0.1) is 0 Å². The Hall–Kier alpha value is -4.43. The van der Waals surface area contributed by atoms with Gasteiger partial charge in [-0.2, -0.15) is 12.6 Å². The summed E-state index contributed by atoms with van der Waals surface area (Å²) in [7, 11) is 5.04. The number of ether oxygens (including phenoxy) is 2. The minimum Gasteiger partial charge on any atom is -0.495 e. The fourth-order valence-corrected chi connectivity index (χ4v) is 5.96. The molecule has 0 saturated carbocycles. The number of carbonyl (C=O) groups is 2. The van der Waals surface area contributed by atoms with Crippen molar-refractivity contribution in [1.82, 2.24) is 14.9 Å². The molecule has 1 aliphatic heterocycles. The van der Waals surface area contributed by atoms with Crippen molar-refractivity contribution in [3.8, 4) is 11.5 Å². The molecule has 4 aromatic rings. The van der Waals surface area contributed by atoms with Gasteiger partial charge in [-0.3, -0.25) is 9.69 Å². The molecule has 0 spiro atoms. The summed E-state index contributed by atoms with van der Waals surface area (Å²) in [5, 5.41) is 9.17. The molecule has 49 heavy (non-hydrogen) atoms. The molecule has 1 aliphatic rings. The topological polar surface area (TPSA) is 124 Å². The molecule has 15 heteroatoms. The molecular weight excluding hydrogens is 687 g/mol. The molecule has 3 aromatic carbocycles. The second-order valence-electron chi connectivity index (χ2n) is 11.2. The minimum absolute atomic E-state index is 0.100. The summed E-state index contributed by atoms with van der Waals surface area (Å²) in [5.41, 5.74) is 3.49. The molecule has 1 saturated heterocycles. The van der Waals surface area contributed by atoms with Crippen LogP contribution in [0.5, 0.6) is 11.5 Å². The van der Waals surface area contributed by atoms with Gasteiger partial charge in [0.2, 0.25) is 5.91 Å². The van der Waals surface area contributed by atoms with E-state index in [2.05, 4.69) is 67.5 Å². The van der Waals surface area contributed by atoms with Crippen molar-refractivity contribution in [2.24, 2.45) is 0 Å². The smallest absolute Gasteiger partial charge is 0.327 e. The Bertz CT molecular complexity index is 1730. The summed E-state index contributed by atoms with van der Waals surface area (Å²) in [5.74, 6) is 1.63. The molecule has 12 nitrogen and oxygen atoms in total. The molecule has 5 rings (SSSR count). The summed E-state index contributed by atoms with van der Waals surface area (Å²) in [6, 6.07) is 17.9. The fourth-order valence-electron chi connectivity index (χ4n) is 5.16. The zero-order chi connectivity index (χ0) is 34.9. The number of aromatic nitrogens is 2. The predicted octanol–water partition coefficient (Wildman–Crippen LogP) is 6.79.